The van der Waals surface area contributed by atoms with Crippen molar-refractivity contribution < 1.29 is 13.2 Å². The van der Waals surface area contributed by atoms with E-state index >= 15 is 0 Å². The third-order valence-electron chi connectivity index (χ3n) is 3.14. The third-order valence-corrected chi connectivity index (χ3v) is 3.44. The summed E-state index contributed by atoms with van der Waals surface area (Å²) in [6, 6.07) is 4.23. The van der Waals surface area contributed by atoms with Crippen molar-refractivity contribution >= 4 is 11.6 Å². The minimum absolute atomic E-state index is 0.402. The van der Waals surface area contributed by atoms with Gasteiger partial charge in [-0.2, -0.15) is 18.3 Å². The second-order valence-corrected chi connectivity index (χ2v) is 4.82. The first-order chi connectivity index (χ1) is 9.88. The molecule has 0 aliphatic heterocycles. The van der Waals surface area contributed by atoms with Crippen molar-refractivity contribution in [3.63, 3.8) is 0 Å². The molecule has 0 saturated carbocycles. The second-order valence-electron chi connectivity index (χ2n) is 4.41. The third kappa shape index (κ3) is 3.20. The minimum atomic E-state index is -4.37. The van der Waals surface area contributed by atoms with E-state index in [-0.39, 0.29) is 0 Å². The van der Waals surface area contributed by atoms with Crippen LogP contribution >= 0.6 is 11.6 Å². The molecular formula is C13H14ClF3N4. The maximum absolute atomic E-state index is 12.6. The zero-order valence-electron chi connectivity index (χ0n) is 11.2. The SMILES string of the molecule is CCn1ncc(Cl)c1C(NN)c1ccc(C(F)(F)F)cc1. The predicted molar refractivity (Wildman–Crippen MR) is 73.5 cm³/mol. The molecule has 0 aliphatic rings. The number of halogens is 4. The van der Waals surface area contributed by atoms with Gasteiger partial charge < -0.3 is 0 Å². The fourth-order valence-corrected chi connectivity index (χ4v) is 2.36. The van der Waals surface area contributed by atoms with E-state index in [0.29, 0.717) is 22.8 Å². The lowest BCUT2D eigenvalue weighted by Gasteiger charge is -2.19. The summed E-state index contributed by atoms with van der Waals surface area (Å²) in [5, 5.41) is 4.50. The molecule has 1 atom stereocenters. The van der Waals surface area contributed by atoms with Crippen LogP contribution in [0, 0.1) is 0 Å². The average Bonchev–Trinajstić information content (AvgIpc) is 2.81. The predicted octanol–water partition coefficient (Wildman–Crippen LogP) is 3.13. The van der Waals surface area contributed by atoms with Crippen LogP contribution in [0.15, 0.2) is 30.5 Å². The molecule has 114 valence electrons. The Hall–Kier alpha value is -1.57. The van der Waals surface area contributed by atoms with Crippen molar-refractivity contribution in [1.29, 1.82) is 0 Å². The van der Waals surface area contributed by atoms with E-state index in [1.807, 2.05) is 6.92 Å². The molecule has 21 heavy (non-hydrogen) atoms. The van der Waals surface area contributed by atoms with Crippen molar-refractivity contribution in [1.82, 2.24) is 15.2 Å². The number of nitrogens with two attached hydrogens (primary N) is 1. The van der Waals surface area contributed by atoms with Crippen LogP contribution in [-0.4, -0.2) is 9.78 Å². The lowest BCUT2D eigenvalue weighted by molar-refractivity contribution is -0.137. The van der Waals surface area contributed by atoms with E-state index in [4.69, 9.17) is 17.4 Å². The molecule has 1 unspecified atom stereocenters. The summed E-state index contributed by atoms with van der Waals surface area (Å²) in [6.45, 7) is 2.45. The number of hydrogen-bond donors (Lipinski definition) is 2. The van der Waals surface area contributed by atoms with Crippen molar-refractivity contribution in [3.8, 4) is 0 Å². The summed E-state index contributed by atoms with van der Waals surface area (Å²) < 4.78 is 39.4. The van der Waals surface area contributed by atoms with Gasteiger partial charge in [0.1, 0.15) is 0 Å². The van der Waals surface area contributed by atoms with Crippen molar-refractivity contribution in [2.24, 2.45) is 5.84 Å². The lowest BCUT2D eigenvalue weighted by atomic mass is 10.0. The topological polar surface area (TPSA) is 55.9 Å². The normalized spacial score (nSPS) is 13.4. The average molecular weight is 319 g/mol. The van der Waals surface area contributed by atoms with Gasteiger partial charge in [0.2, 0.25) is 0 Å². The Morgan fingerprint density at radius 1 is 1.33 bits per heavy atom. The minimum Gasteiger partial charge on any atom is -0.271 e. The summed E-state index contributed by atoms with van der Waals surface area (Å²) >= 11 is 6.09. The molecule has 4 nitrogen and oxygen atoms in total. The number of hydrazine groups is 1. The lowest BCUT2D eigenvalue weighted by Crippen LogP contribution is -2.31. The highest BCUT2D eigenvalue weighted by molar-refractivity contribution is 6.31. The summed E-state index contributed by atoms with van der Waals surface area (Å²) in [5.74, 6) is 5.54. The van der Waals surface area contributed by atoms with Crippen LogP contribution in [0.5, 0.6) is 0 Å². The van der Waals surface area contributed by atoms with Crippen LogP contribution in [0.4, 0.5) is 13.2 Å². The quantitative estimate of drug-likeness (QED) is 0.672. The molecule has 0 radical (unpaired) electrons. The Balaban J connectivity index is 2.40. The van der Waals surface area contributed by atoms with E-state index in [1.165, 1.54) is 18.3 Å². The molecule has 0 saturated heterocycles. The molecule has 0 bridgehead atoms. The molecule has 0 spiro atoms. The maximum Gasteiger partial charge on any atom is 0.416 e. The zero-order chi connectivity index (χ0) is 15.6. The molecular weight excluding hydrogens is 305 g/mol. The Morgan fingerprint density at radius 3 is 2.43 bits per heavy atom. The number of rotatable bonds is 4. The van der Waals surface area contributed by atoms with Gasteiger partial charge in [0.25, 0.3) is 0 Å². The highest BCUT2D eigenvalue weighted by atomic mass is 35.5. The number of nitrogens with one attached hydrogen (secondary N) is 1. The van der Waals surface area contributed by atoms with Crippen molar-refractivity contribution in [2.75, 3.05) is 0 Å². The molecule has 1 heterocycles. The van der Waals surface area contributed by atoms with Gasteiger partial charge in [-0.25, -0.2) is 5.43 Å². The van der Waals surface area contributed by atoms with E-state index < -0.39 is 17.8 Å². The highest BCUT2D eigenvalue weighted by Crippen LogP contribution is 2.32. The second kappa shape index (κ2) is 6.05. The largest absolute Gasteiger partial charge is 0.416 e. The first-order valence-corrected chi connectivity index (χ1v) is 6.60. The van der Waals surface area contributed by atoms with Crippen LogP contribution in [0.3, 0.4) is 0 Å². The summed E-state index contributed by atoms with van der Waals surface area (Å²) in [6.07, 6.45) is -2.89. The van der Waals surface area contributed by atoms with Crippen LogP contribution < -0.4 is 11.3 Å². The number of benzene rings is 1. The summed E-state index contributed by atoms with van der Waals surface area (Å²) in [5.41, 5.74) is 3.04. The monoisotopic (exact) mass is 318 g/mol. The van der Waals surface area contributed by atoms with Crippen LogP contribution in [0.25, 0.3) is 0 Å². The Bertz CT molecular complexity index is 607. The Kier molecular flexibility index (Phi) is 4.55. The van der Waals surface area contributed by atoms with Gasteiger partial charge in [-0.3, -0.25) is 10.5 Å². The van der Waals surface area contributed by atoms with Crippen molar-refractivity contribution in [3.05, 3.63) is 52.3 Å². The molecule has 3 N–H and O–H groups in total. The highest BCUT2D eigenvalue weighted by Gasteiger charge is 2.30. The fourth-order valence-electron chi connectivity index (χ4n) is 2.11. The molecule has 1 aromatic heterocycles. The van der Waals surface area contributed by atoms with Gasteiger partial charge >= 0.3 is 6.18 Å². The zero-order valence-corrected chi connectivity index (χ0v) is 11.9. The molecule has 1 aromatic carbocycles. The number of nitrogens with zero attached hydrogens (tertiary/aromatic N) is 2. The van der Waals surface area contributed by atoms with E-state index in [2.05, 4.69) is 10.5 Å². The van der Waals surface area contributed by atoms with Crippen LogP contribution in [0.1, 0.15) is 29.8 Å². The van der Waals surface area contributed by atoms with Crippen LogP contribution in [-0.2, 0) is 12.7 Å². The number of aromatic nitrogens is 2. The van der Waals surface area contributed by atoms with Gasteiger partial charge in [-0.05, 0) is 24.6 Å². The molecule has 0 aliphatic carbocycles. The Labute approximate surface area is 124 Å². The van der Waals surface area contributed by atoms with Gasteiger partial charge in [0.15, 0.2) is 0 Å². The summed E-state index contributed by atoms with van der Waals surface area (Å²) in [7, 11) is 0. The van der Waals surface area contributed by atoms with Crippen molar-refractivity contribution in [2.45, 2.75) is 25.7 Å². The number of aryl methyl sites for hydroxylation is 1. The molecule has 8 heteroatoms. The van der Waals surface area contributed by atoms with Crippen LogP contribution in [0.2, 0.25) is 5.02 Å². The smallest absolute Gasteiger partial charge is 0.271 e. The maximum atomic E-state index is 12.6. The first-order valence-electron chi connectivity index (χ1n) is 6.23. The molecule has 0 fully saturated rings. The fraction of sp³-hybridized carbons (Fsp3) is 0.308. The van der Waals surface area contributed by atoms with E-state index in [9.17, 15) is 13.2 Å². The van der Waals surface area contributed by atoms with Gasteiger partial charge in [-0.1, -0.05) is 23.7 Å². The van der Waals surface area contributed by atoms with Gasteiger partial charge in [0, 0.05) is 6.54 Å². The van der Waals surface area contributed by atoms with E-state index in [1.54, 1.807) is 4.68 Å². The van der Waals surface area contributed by atoms with Gasteiger partial charge in [0.05, 0.1) is 28.5 Å². The first kappa shape index (κ1) is 15.8. The number of hydrogen-bond acceptors (Lipinski definition) is 3. The standard InChI is InChI=1S/C13H14ClF3N4/c1-2-21-12(10(14)7-19-21)11(20-18)8-3-5-9(6-4-8)13(15,16)17/h3-7,11,20H,2,18H2,1H3. The molecule has 0 amide bonds. The number of alkyl halides is 3. The summed E-state index contributed by atoms with van der Waals surface area (Å²) in [4.78, 5) is 0. The van der Waals surface area contributed by atoms with Gasteiger partial charge in [-0.15, -0.1) is 0 Å². The van der Waals surface area contributed by atoms with E-state index in [0.717, 1.165) is 12.1 Å². The molecule has 2 rings (SSSR count). The Morgan fingerprint density at radius 2 is 1.95 bits per heavy atom. The molecule has 2 aromatic rings.